The molecule has 1 fully saturated rings. The van der Waals surface area contributed by atoms with E-state index in [0.717, 1.165) is 12.8 Å². The number of aliphatic hydroxyl groups excluding tert-OH is 1. The molecule has 0 aliphatic heterocycles. The molecule has 1 aliphatic rings. The molecule has 5 nitrogen and oxygen atoms in total. The number of sulfonamides is 1. The maximum Gasteiger partial charge on any atom is 0.244 e. The average molecular weight is 266 g/mol. The largest absolute Gasteiger partial charge is 0.384 e. The fraction of sp³-hybridized carbons (Fsp3) is 0.417. The van der Waals surface area contributed by atoms with Crippen molar-refractivity contribution < 1.29 is 13.5 Å². The van der Waals surface area contributed by atoms with Crippen LogP contribution in [0, 0.1) is 11.8 Å². The Morgan fingerprint density at radius 2 is 2.22 bits per heavy atom. The minimum absolute atomic E-state index is 0.113. The van der Waals surface area contributed by atoms with Crippen LogP contribution < -0.4 is 0 Å². The van der Waals surface area contributed by atoms with Gasteiger partial charge in [-0.15, -0.1) is 0 Å². The number of hydrogen-bond donors (Lipinski definition) is 1. The molecule has 1 aromatic heterocycles. The van der Waals surface area contributed by atoms with E-state index in [4.69, 9.17) is 5.11 Å². The van der Waals surface area contributed by atoms with Gasteiger partial charge < -0.3 is 5.11 Å². The van der Waals surface area contributed by atoms with Crippen LogP contribution in [0.25, 0.3) is 0 Å². The highest BCUT2D eigenvalue weighted by molar-refractivity contribution is 7.89. The molecule has 0 radical (unpaired) electrons. The number of nitrogens with zero attached hydrogens (tertiary/aromatic N) is 2. The first-order valence-corrected chi connectivity index (χ1v) is 7.02. The minimum atomic E-state index is -3.48. The zero-order valence-electron chi connectivity index (χ0n) is 10.00. The van der Waals surface area contributed by atoms with Crippen LogP contribution in [0.3, 0.4) is 0 Å². The van der Waals surface area contributed by atoms with Gasteiger partial charge in [-0.25, -0.2) is 8.42 Å². The zero-order chi connectivity index (χ0) is 13.2. The van der Waals surface area contributed by atoms with Crippen LogP contribution >= 0.6 is 0 Å². The maximum absolute atomic E-state index is 12.2. The molecule has 0 amide bonds. The Labute approximate surface area is 107 Å². The molecule has 0 saturated heterocycles. The van der Waals surface area contributed by atoms with E-state index in [2.05, 4.69) is 16.8 Å². The van der Waals surface area contributed by atoms with Crippen molar-refractivity contribution in [1.29, 1.82) is 0 Å². The van der Waals surface area contributed by atoms with Crippen molar-refractivity contribution in [2.24, 2.45) is 0 Å². The van der Waals surface area contributed by atoms with Gasteiger partial charge >= 0.3 is 0 Å². The molecular weight excluding hydrogens is 252 g/mol. The number of hydrogen-bond acceptors (Lipinski definition) is 4. The van der Waals surface area contributed by atoms with Gasteiger partial charge in [0.25, 0.3) is 0 Å². The van der Waals surface area contributed by atoms with Gasteiger partial charge in [0.1, 0.15) is 11.5 Å². The smallest absolute Gasteiger partial charge is 0.244 e. The van der Waals surface area contributed by atoms with Gasteiger partial charge in [0.15, 0.2) is 0 Å². The van der Waals surface area contributed by atoms with E-state index in [1.54, 1.807) is 7.05 Å². The summed E-state index contributed by atoms with van der Waals surface area (Å²) in [5, 5.41) is 8.61. The Bertz CT molecular complexity index is 597. The third kappa shape index (κ3) is 2.70. The lowest BCUT2D eigenvalue weighted by Crippen LogP contribution is -2.29. The molecule has 2 rings (SSSR count). The lowest BCUT2D eigenvalue weighted by atomic mass is 10.3. The van der Waals surface area contributed by atoms with Crippen LogP contribution in [0.1, 0.15) is 18.4 Å². The molecule has 1 aromatic rings. The van der Waals surface area contributed by atoms with Crippen LogP contribution in [0.5, 0.6) is 0 Å². The van der Waals surface area contributed by atoms with Crippen molar-refractivity contribution in [2.75, 3.05) is 13.7 Å². The Kier molecular flexibility index (Phi) is 3.66. The fourth-order valence-corrected chi connectivity index (χ4v) is 2.98. The molecule has 1 aliphatic carbocycles. The summed E-state index contributed by atoms with van der Waals surface area (Å²) in [7, 11) is -1.90. The van der Waals surface area contributed by atoms with Gasteiger partial charge in [-0.05, 0) is 18.9 Å². The first-order valence-electron chi connectivity index (χ1n) is 5.58. The summed E-state index contributed by atoms with van der Waals surface area (Å²) < 4.78 is 25.8. The normalized spacial score (nSPS) is 15.3. The van der Waals surface area contributed by atoms with Crippen molar-refractivity contribution in [3.8, 4) is 11.8 Å². The highest BCUT2D eigenvalue weighted by Gasteiger charge is 2.35. The first kappa shape index (κ1) is 13.0. The van der Waals surface area contributed by atoms with Crippen molar-refractivity contribution >= 4 is 10.0 Å². The molecule has 96 valence electrons. The van der Waals surface area contributed by atoms with Crippen LogP contribution in [-0.4, -0.2) is 42.5 Å². The summed E-state index contributed by atoms with van der Waals surface area (Å²) in [5.74, 6) is 5.11. The summed E-state index contributed by atoms with van der Waals surface area (Å²) in [4.78, 5) is 4.02. The molecule has 0 unspecified atom stereocenters. The van der Waals surface area contributed by atoms with Gasteiger partial charge in [-0.2, -0.15) is 4.31 Å². The molecule has 0 bridgehead atoms. The van der Waals surface area contributed by atoms with E-state index < -0.39 is 10.0 Å². The van der Waals surface area contributed by atoms with Crippen molar-refractivity contribution in [1.82, 2.24) is 9.29 Å². The third-order valence-electron chi connectivity index (χ3n) is 2.76. The molecule has 0 aromatic carbocycles. The zero-order valence-corrected chi connectivity index (χ0v) is 10.8. The maximum atomic E-state index is 12.2. The lowest BCUT2D eigenvalue weighted by molar-refractivity contribution is 0.350. The van der Waals surface area contributed by atoms with E-state index in [-0.39, 0.29) is 17.5 Å². The highest BCUT2D eigenvalue weighted by Crippen LogP contribution is 2.30. The Hall–Kier alpha value is -1.42. The highest BCUT2D eigenvalue weighted by atomic mass is 32.2. The number of aromatic nitrogens is 1. The Balaban J connectivity index is 2.32. The van der Waals surface area contributed by atoms with Crippen molar-refractivity contribution in [3.05, 3.63) is 24.0 Å². The number of rotatable bonds is 3. The third-order valence-corrected chi connectivity index (χ3v) is 4.64. The Morgan fingerprint density at radius 3 is 2.83 bits per heavy atom. The molecule has 1 N–H and O–H groups in total. The number of aliphatic hydroxyl groups is 1. The van der Waals surface area contributed by atoms with E-state index in [1.165, 1.54) is 22.8 Å². The summed E-state index contributed by atoms with van der Waals surface area (Å²) in [6.07, 6.45) is 4.61. The summed E-state index contributed by atoms with van der Waals surface area (Å²) in [6.45, 7) is -0.265. The monoisotopic (exact) mass is 266 g/mol. The molecule has 18 heavy (non-hydrogen) atoms. The standard InChI is InChI=1S/C12H14N2O3S/c1-14(11-4-5-11)18(16,17)12-7-10(3-2-6-15)8-13-9-12/h7-9,11,15H,4-6H2,1H3. The van der Waals surface area contributed by atoms with Gasteiger partial charge in [0.05, 0.1) is 0 Å². The van der Waals surface area contributed by atoms with Gasteiger partial charge in [0, 0.05) is 31.0 Å². The van der Waals surface area contributed by atoms with Crippen LogP contribution in [0.15, 0.2) is 23.4 Å². The average Bonchev–Trinajstić information content (AvgIpc) is 3.20. The fourth-order valence-electron chi connectivity index (χ4n) is 1.57. The predicted octanol–water partition coefficient (Wildman–Crippen LogP) is 0.208. The van der Waals surface area contributed by atoms with Gasteiger partial charge in [-0.1, -0.05) is 11.8 Å². The molecule has 1 heterocycles. The second-order valence-corrected chi connectivity index (χ2v) is 6.12. The first-order chi connectivity index (χ1) is 8.55. The van der Waals surface area contributed by atoms with Crippen LogP contribution in [0.2, 0.25) is 0 Å². The van der Waals surface area contributed by atoms with Crippen molar-refractivity contribution in [2.45, 2.75) is 23.8 Å². The quantitative estimate of drug-likeness (QED) is 0.794. The van der Waals surface area contributed by atoms with Crippen molar-refractivity contribution in [3.63, 3.8) is 0 Å². The molecule has 6 heteroatoms. The van der Waals surface area contributed by atoms with Crippen LogP contribution in [-0.2, 0) is 10.0 Å². The number of pyridine rings is 1. The molecule has 0 atom stereocenters. The molecular formula is C12H14N2O3S. The molecule has 1 saturated carbocycles. The second-order valence-electron chi connectivity index (χ2n) is 4.12. The van der Waals surface area contributed by atoms with E-state index in [9.17, 15) is 8.42 Å². The summed E-state index contributed by atoms with van der Waals surface area (Å²) in [6, 6.07) is 1.59. The second kappa shape index (κ2) is 5.06. The van der Waals surface area contributed by atoms with E-state index >= 15 is 0 Å². The lowest BCUT2D eigenvalue weighted by Gasteiger charge is -2.15. The van der Waals surface area contributed by atoms with Gasteiger partial charge in [0.2, 0.25) is 10.0 Å². The minimum Gasteiger partial charge on any atom is -0.384 e. The van der Waals surface area contributed by atoms with E-state index in [1.807, 2.05) is 0 Å². The molecule has 0 spiro atoms. The summed E-state index contributed by atoms with van der Waals surface area (Å²) >= 11 is 0. The SMILES string of the molecule is CN(C1CC1)S(=O)(=O)c1cncc(C#CCO)c1. The Morgan fingerprint density at radius 1 is 1.50 bits per heavy atom. The topological polar surface area (TPSA) is 70.5 Å². The van der Waals surface area contributed by atoms with Gasteiger partial charge in [-0.3, -0.25) is 4.98 Å². The predicted molar refractivity (Wildman–Crippen MR) is 66.2 cm³/mol. The summed E-state index contributed by atoms with van der Waals surface area (Å²) in [5.41, 5.74) is 0.481. The van der Waals surface area contributed by atoms with Crippen LogP contribution in [0.4, 0.5) is 0 Å². The van der Waals surface area contributed by atoms with E-state index in [0.29, 0.717) is 5.56 Å².